The average molecular weight is 421 g/mol. The quantitative estimate of drug-likeness (QED) is 0.428. The summed E-state index contributed by atoms with van der Waals surface area (Å²) in [4.78, 5) is 38.2. The van der Waals surface area contributed by atoms with Gasteiger partial charge in [-0.25, -0.2) is 9.59 Å². The molecule has 6 nitrogen and oxygen atoms in total. The largest absolute Gasteiger partial charge is 0.460 e. The molecule has 162 valence electrons. The minimum absolute atomic E-state index is 0.000625. The van der Waals surface area contributed by atoms with Gasteiger partial charge in [0.25, 0.3) is 5.91 Å². The van der Waals surface area contributed by atoms with Gasteiger partial charge in [0.15, 0.2) is 0 Å². The van der Waals surface area contributed by atoms with Crippen LogP contribution in [0.15, 0.2) is 78.9 Å². The Morgan fingerprint density at radius 3 is 1.77 bits per heavy atom. The fourth-order valence-electron chi connectivity index (χ4n) is 2.77. The predicted octanol–water partition coefficient (Wildman–Crippen LogP) is 4.03. The van der Waals surface area contributed by atoms with Crippen LogP contribution in [0.2, 0.25) is 0 Å². The second-order valence-corrected chi connectivity index (χ2v) is 7.04. The third-order valence-corrected chi connectivity index (χ3v) is 4.42. The van der Waals surface area contributed by atoms with E-state index in [0.29, 0.717) is 5.56 Å². The number of ether oxygens (including phenoxy) is 2. The molecule has 31 heavy (non-hydrogen) atoms. The first-order chi connectivity index (χ1) is 14.8. The maximum absolute atomic E-state index is 13.4. The third kappa shape index (κ3) is 6.96. The van der Waals surface area contributed by atoms with Crippen LogP contribution in [0.5, 0.6) is 0 Å². The van der Waals surface area contributed by atoms with Crippen molar-refractivity contribution in [2.45, 2.75) is 13.8 Å². The van der Waals surface area contributed by atoms with Crippen molar-refractivity contribution in [1.82, 2.24) is 4.90 Å². The standard InChI is InChI=1S/C25H27NO5/c1-18(2)24(28)30-16-14-26(15-17-31-25(29)19(3)4)23(27)22-13-9-8-12-21(22)20-10-6-5-7-11-20/h5-13H,1,3,14-17H2,2,4H3. The predicted molar refractivity (Wildman–Crippen MR) is 119 cm³/mol. The zero-order chi connectivity index (χ0) is 22.8. The summed E-state index contributed by atoms with van der Waals surface area (Å²) in [5.41, 5.74) is 2.77. The zero-order valence-electron chi connectivity index (χ0n) is 17.9. The Bertz CT molecular complexity index is 933. The van der Waals surface area contributed by atoms with Gasteiger partial charge < -0.3 is 14.4 Å². The number of carbonyl (C=O) groups excluding carboxylic acids is 3. The molecular formula is C25H27NO5. The highest BCUT2D eigenvalue weighted by atomic mass is 16.5. The minimum Gasteiger partial charge on any atom is -0.460 e. The summed E-state index contributed by atoms with van der Waals surface area (Å²) in [6.07, 6.45) is 0. The van der Waals surface area contributed by atoms with Gasteiger partial charge in [-0.1, -0.05) is 61.7 Å². The normalized spacial score (nSPS) is 10.1. The molecule has 0 aromatic heterocycles. The second kappa shape index (κ2) is 11.5. The van der Waals surface area contributed by atoms with E-state index in [4.69, 9.17) is 9.47 Å². The molecule has 0 aliphatic rings. The maximum atomic E-state index is 13.4. The van der Waals surface area contributed by atoms with Crippen molar-refractivity contribution in [2.75, 3.05) is 26.3 Å². The van der Waals surface area contributed by atoms with E-state index < -0.39 is 11.9 Å². The SMILES string of the molecule is C=C(C)C(=O)OCCN(CCOC(=O)C(=C)C)C(=O)c1ccccc1-c1ccccc1. The van der Waals surface area contributed by atoms with Gasteiger partial charge in [-0.2, -0.15) is 0 Å². The number of carbonyl (C=O) groups is 3. The average Bonchev–Trinajstić information content (AvgIpc) is 2.77. The highest BCUT2D eigenvalue weighted by Gasteiger charge is 2.20. The van der Waals surface area contributed by atoms with Gasteiger partial charge in [0.05, 0.1) is 13.1 Å². The van der Waals surface area contributed by atoms with E-state index in [1.165, 1.54) is 4.90 Å². The molecule has 2 aromatic carbocycles. The van der Waals surface area contributed by atoms with Crippen molar-refractivity contribution >= 4 is 17.8 Å². The Morgan fingerprint density at radius 1 is 0.774 bits per heavy atom. The van der Waals surface area contributed by atoms with Crippen LogP contribution in [0, 0.1) is 0 Å². The van der Waals surface area contributed by atoms with Crippen molar-refractivity contribution in [3.63, 3.8) is 0 Å². The van der Waals surface area contributed by atoms with Crippen molar-refractivity contribution in [3.8, 4) is 11.1 Å². The van der Waals surface area contributed by atoms with E-state index >= 15 is 0 Å². The first kappa shape index (κ1) is 23.6. The summed E-state index contributed by atoms with van der Waals surface area (Å²) in [6.45, 7) is 10.5. The molecule has 2 rings (SSSR count). The topological polar surface area (TPSA) is 72.9 Å². The molecule has 6 heteroatoms. The van der Waals surface area contributed by atoms with E-state index in [1.54, 1.807) is 26.0 Å². The van der Waals surface area contributed by atoms with E-state index in [-0.39, 0.29) is 43.4 Å². The van der Waals surface area contributed by atoms with Gasteiger partial charge in [0.1, 0.15) is 13.2 Å². The van der Waals surface area contributed by atoms with Crippen LogP contribution in [0.1, 0.15) is 24.2 Å². The van der Waals surface area contributed by atoms with E-state index in [1.807, 2.05) is 42.5 Å². The number of hydrogen-bond donors (Lipinski definition) is 0. The van der Waals surface area contributed by atoms with Crippen molar-refractivity contribution in [1.29, 1.82) is 0 Å². The number of amides is 1. The fourth-order valence-corrected chi connectivity index (χ4v) is 2.77. The van der Waals surface area contributed by atoms with E-state index in [2.05, 4.69) is 13.2 Å². The highest BCUT2D eigenvalue weighted by Crippen LogP contribution is 2.24. The Morgan fingerprint density at radius 2 is 1.26 bits per heavy atom. The van der Waals surface area contributed by atoms with Crippen LogP contribution < -0.4 is 0 Å². The van der Waals surface area contributed by atoms with Crippen molar-refractivity contribution in [2.24, 2.45) is 0 Å². The monoisotopic (exact) mass is 421 g/mol. The summed E-state index contributed by atoms with van der Waals surface area (Å²) >= 11 is 0. The molecule has 2 aromatic rings. The molecule has 0 saturated heterocycles. The van der Waals surface area contributed by atoms with Gasteiger partial charge >= 0.3 is 11.9 Å². The molecule has 0 radical (unpaired) electrons. The van der Waals surface area contributed by atoms with E-state index in [0.717, 1.165) is 11.1 Å². The summed E-state index contributed by atoms with van der Waals surface area (Å²) in [5, 5.41) is 0. The van der Waals surface area contributed by atoms with Crippen LogP contribution in [0.4, 0.5) is 0 Å². The smallest absolute Gasteiger partial charge is 0.333 e. The van der Waals surface area contributed by atoms with Crippen LogP contribution in [-0.4, -0.2) is 49.0 Å². The van der Waals surface area contributed by atoms with E-state index in [9.17, 15) is 14.4 Å². The maximum Gasteiger partial charge on any atom is 0.333 e. The summed E-state index contributed by atoms with van der Waals surface area (Å²) in [6, 6.07) is 16.9. The molecule has 0 bridgehead atoms. The second-order valence-electron chi connectivity index (χ2n) is 7.04. The number of nitrogens with zero attached hydrogens (tertiary/aromatic N) is 1. The number of rotatable bonds is 10. The molecule has 0 N–H and O–H groups in total. The minimum atomic E-state index is -0.522. The lowest BCUT2D eigenvalue weighted by Gasteiger charge is -2.24. The van der Waals surface area contributed by atoms with Crippen molar-refractivity contribution < 1.29 is 23.9 Å². The van der Waals surface area contributed by atoms with Crippen LogP contribution in [0.3, 0.4) is 0 Å². The Hall–Kier alpha value is -3.67. The summed E-state index contributed by atoms with van der Waals surface area (Å²) < 4.78 is 10.3. The molecular weight excluding hydrogens is 394 g/mol. The summed E-state index contributed by atoms with van der Waals surface area (Å²) in [5.74, 6) is -1.30. The zero-order valence-corrected chi connectivity index (χ0v) is 17.9. The number of esters is 2. The van der Waals surface area contributed by atoms with Gasteiger partial charge in [-0.05, 0) is 31.0 Å². The fraction of sp³-hybridized carbons (Fsp3) is 0.240. The third-order valence-electron chi connectivity index (χ3n) is 4.42. The van der Waals surface area contributed by atoms with Crippen LogP contribution >= 0.6 is 0 Å². The first-order valence-corrected chi connectivity index (χ1v) is 9.90. The van der Waals surface area contributed by atoms with Gasteiger partial charge in [0.2, 0.25) is 0 Å². The van der Waals surface area contributed by atoms with Gasteiger partial charge in [-0.15, -0.1) is 0 Å². The molecule has 0 saturated carbocycles. The Kier molecular flexibility index (Phi) is 8.76. The van der Waals surface area contributed by atoms with Crippen LogP contribution in [-0.2, 0) is 19.1 Å². The molecule has 0 spiro atoms. The molecule has 0 aliphatic carbocycles. The molecule has 0 fully saturated rings. The first-order valence-electron chi connectivity index (χ1n) is 9.90. The number of hydrogen-bond acceptors (Lipinski definition) is 5. The lowest BCUT2D eigenvalue weighted by Crippen LogP contribution is -2.37. The lowest BCUT2D eigenvalue weighted by atomic mass is 9.99. The molecule has 0 heterocycles. The highest BCUT2D eigenvalue weighted by molar-refractivity contribution is 6.01. The van der Waals surface area contributed by atoms with Crippen molar-refractivity contribution in [3.05, 3.63) is 84.5 Å². The molecule has 1 amide bonds. The van der Waals surface area contributed by atoms with Gasteiger partial charge in [-0.3, -0.25) is 4.79 Å². The lowest BCUT2D eigenvalue weighted by molar-refractivity contribution is -0.139. The summed E-state index contributed by atoms with van der Waals surface area (Å²) in [7, 11) is 0. The van der Waals surface area contributed by atoms with Crippen LogP contribution in [0.25, 0.3) is 11.1 Å². The molecule has 0 unspecified atom stereocenters. The Labute approximate surface area is 182 Å². The molecule has 0 aliphatic heterocycles. The Balaban J connectivity index is 2.20. The van der Waals surface area contributed by atoms with Gasteiger partial charge in [0, 0.05) is 16.7 Å². The number of benzene rings is 2. The molecule has 0 atom stereocenters.